The second kappa shape index (κ2) is 8.77. The number of rotatable bonds is 4. The number of anilines is 1. The minimum absolute atomic E-state index is 0.155. The third-order valence-corrected chi connectivity index (χ3v) is 7.32. The standard InChI is InChI=1S/C24H35N5O2/c1-17(2)29-16-25-22-21(29)15-20(26-23(22)27-9-3-4-10-27)18-5-11-28(12-6-18)24(30)19-7-13-31-14-8-19/h15-19H,3-14H2,1-2H3. The molecule has 31 heavy (non-hydrogen) atoms. The van der Waals surface area contributed by atoms with Crippen LogP contribution in [0.2, 0.25) is 0 Å². The Kier molecular flexibility index (Phi) is 5.87. The summed E-state index contributed by atoms with van der Waals surface area (Å²) < 4.78 is 7.70. The van der Waals surface area contributed by atoms with E-state index in [1.807, 2.05) is 6.33 Å². The molecule has 2 aromatic heterocycles. The second-order valence-corrected chi connectivity index (χ2v) is 9.66. The number of hydrogen-bond acceptors (Lipinski definition) is 5. The third-order valence-electron chi connectivity index (χ3n) is 7.32. The van der Waals surface area contributed by atoms with Crippen LogP contribution < -0.4 is 4.90 Å². The molecular formula is C24H35N5O2. The van der Waals surface area contributed by atoms with Gasteiger partial charge in [-0.1, -0.05) is 0 Å². The van der Waals surface area contributed by atoms with Gasteiger partial charge in [0.1, 0.15) is 5.52 Å². The quantitative estimate of drug-likeness (QED) is 0.747. The fourth-order valence-electron chi connectivity index (χ4n) is 5.40. The average Bonchev–Trinajstić information content (AvgIpc) is 3.49. The highest BCUT2D eigenvalue weighted by atomic mass is 16.5. The number of ether oxygens (including phenoxy) is 1. The fraction of sp³-hybridized carbons (Fsp3) is 0.708. The number of nitrogens with zero attached hydrogens (tertiary/aromatic N) is 5. The lowest BCUT2D eigenvalue weighted by Crippen LogP contribution is -2.42. The number of piperidine rings is 1. The minimum Gasteiger partial charge on any atom is -0.381 e. The topological polar surface area (TPSA) is 63.5 Å². The maximum atomic E-state index is 12.9. The van der Waals surface area contributed by atoms with E-state index in [-0.39, 0.29) is 5.92 Å². The van der Waals surface area contributed by atoms with Crippen LogP contribution in [-0.4, -0.2) is 64.7 Å². The molecule has 5 heterocycles. The number of hydrogen-bond donors (Lipinski definition) is 0. The molecule has 0 aromatic carbocycles. The minimum atomic E-state index is 0.155. The van der Waals surface area contributed by atoms with E-state index in [1.54, 1.807) is 0 Å². The number of imidazole rings is 1. The summed E-state index contributed by atoms with van der Waals surface area (Å²) in [5, 5.41) is 0. The predicted octanol–water partition coefficient (Wildman–Crippen LogP) is 3.75. The Morgan fingerprint density at radius 2 is 1.77 bits per heavy atom. The Morgan fingerprint density at radius 3 is 2.45 bits per heavy atom. The van der Waals surface area contributed by atoms with Crippen LogP contribution in [0.1, 0.15) is 70.0 Å². The number of fused-ring (bicyclic) bond motifs is 1. The van der Waals surface area contributed by atoms with E-state index in [4.69, 9.17) is 14.7 Å². The van der Waals surface area contributed by atoms with Crippen molar-refractivity contribution in [2.75, 3.05) is 44.3 Å². The average molecular weight is 426 g/mol. The Bertz CT molecular complexity index is 919. The van der Waals surface area contributed by atoms with Gasteiger partial charge in [-0.05, 0) is 58.4 Å². The first-order valence-corrected chi connectivity index (χ1v) is 12.1. The summed E-state index contributed by atoms with van der Waals surface area (Å²) in [7, 11) is 0. The lowest BCUT2D eigenvalue weighted by atomic mass is 9.91. The van der Waals surface area contributed by atoms with Gasteiger partial charge in [-0.15, -0.1) is 0 Å². The van der Waals surface area contributed by atoms with E-state index in [1.165, 1.54) is 24.1 Å². The molecule has 3 aliphatic rings. The molecule has 0 saturated carbocycles. The maximum Gasteiger partial charge on any atom is 0.225 e. The monoisotopic (exact) mass is 425 g/mol. The Morgan fingerprint density at radius 1 is 1.06 bits per heavy atom. The molecule has 3 saturated heterocycles. The SMILES string of the molecule is CC(C)n1cnc2c(N3CCCC3)nc(C3CCN(C(=O)C4CCOCC4)CC3)cc21. The van der Waals surface area contributed by atoms with Crippen molar-refractivity contribution < 1.29 is 9.53 Å². The van der Waals surface area contributed by atoms with Crippen molar-refractivity contribution in [2.45, 2.75) is 64.3 Å². The predicted molar refractivity (Wildman–Crippen MR) is 121 cm³/mol. The fourth-order valence-corrected chi connectivity index (χ4v) is 5.40. The number of carbonyl (C=O) groups excluding carboxylic acids is 1. The molecule has 3 aliphatic heterocycles. The van der Waals surface area contributed by atoms with Crippen molar-refractivity contribution in [3.8, 4) is 0 Å². The normalized spacial score (nSPS) is 21.5. The highest BCUT2D eigenvalue weighted by Crippen LogP contribution is 2.35. The van der Waals surface area contributed by atoms with Gasteiger partial charge in [0, 0.05) is 63.0 Å². The van der Waals surface area contributed by atoms with Crippen LogP contribution in [-0.2, 0) is 9.53 Å². The summed E-state index contributed by atoms with van der Waals surface area (Å²) in [6, 6.07) is 2.63. The lowest BCUT2D eigenvalue weighted by Gasteiger charge is -2.35. The molecule has 0 bridgehead atoms. The van der Waals surface area contributed by atoms with Gasteiger partial charge >= 0.3 is 0 Å². The Hall–Kier alpha value is -2.15. The van der Waals surface area contributed by atoms with Crippen LogP contribution in [0.4, 0.5) is 5.82 Å². The van der Waals surface area contributed by atoms with Crippen molar-refractivity contribution in [1.82, 2.24) is 19.4 Å². The van der Waals surface area contributed by atoms with Crippen LogP contribution in [0.25, 0.3) is 11.0 Å². The van der Waals surface area contributed by atoms with Gasteiger partial charge in [0.25, 0.3) is 0 Å². The lowest BCUT2D eigenvalue weighted by molar-refractivity contribution is -0.139. The molecule has 0 unspecified atom stereocenters. The Labute approximate surface area is 184 Å². The van der Waals surface area contributed by atoms with E-state index >= 15 is 0 Å². The van der Waals surface area contributed by atoms with Gasteiger partial charge < -0.3 is 19.1 Å². The molecule has 7 nitrogen and oxygen atoms in total. The van der Waals surface area contributed by atoms with Gasteiger partial charge in [0.2, 0.25) is 5.91 Å². The van der Waals surface area contributed by atoms with Crippen LogP contribution in [0, 0.1) is 5.92 Å². The highest BCUT2D eigenvalue weighted by molar-refractivity contribution is 5.87. The summed E-state index contributed by atoms with van der Waals surface area (Å²) in [4.78, 5) is 27.3. The van der Waals surface area contributed by atoms with Crippen molar-refractivity contribution in [1.29, 1.82) is 0 Å². The van der Waals surface area contributed by atoms with Crippen molar-refractivity contribution in [3.63, 3.8) is 0 Å². The molecule has 168 valence electrons. The van der Waals surface area contributed by atoms with Gasteiger partial charge in [-0.3, -0.25) is 4.79 Å². The molecule has 5 rings (SSSR count). The van der Waals surface area contributed by atoms with E-state index in [2.05, 4.69) is 34.3 Å². The zero-order chi connectivity index (χ0) is 21.4. The van der Waals surface area contributed by atoms with Crippen LogP contribution in [0.15, 0.2) is 12.4 Å². The number of amides is 1. The molecule has 0 radical (unpaired) electrons. The van der Waals surface area contributed by atoms with Crippen LogP contribution in [0.3, 0.4) is 0 Å². The van der Waals surface area contributed by atoms with E-state index < -0.39 is 0 Å². The van der Waals surface area contributed by atoms with E-state index in [9.17, 15) is 4.79 Å². The van der Waals surface area contributed by atoms with Gasteiger partial charge in [-0.2, -0.15) is 0 Å². The summed E-state index contributed by atoms with van der Waals surface area (Å²) in [5.74, 6) is 1.95. The number of pyridine rings is 1. The first-order valence-electron chi connectivity index (χ1n) is 12.1. The summed E-state index contributed by atoms with van der Waals surface area (Å²) >= 11 is 0. The van der Waals surface area contributed by atoms with Crippen molar-refractivity contribution in [2.24, 2.45) is 5.92 Å². The van der Waals surface area contributed by atoms with Gasteiger partial charge in [0.15, 0.2) is 5.82 Å². The molecule has 0 atom stereocenters. The Balaban J connectivity index is 1.37. The van der Waals surface area contributed by atoms with Crippen molar-refractivity contribution >= 4 is 22.8 Å². The van der Waals surface area contributed by atoms with Gasteiger partial charge in [-0.25, -0.2) is 9.97 Å². The number of aromatic nitrogens is 3. The van der Waals surface area contributed by atoms with Gasteiger partial charge in [0.05, 0.1) is 11.8 Å². The van der Waals surface area contributed by atoms with E-state index in [0.29, 0.717) is 17.9 Å². The second-order valence-electron chi connectivity index (χ2n) is 9.66. The molecule has 0 N–H and O–H groups in total. The van der Waals surface area contributed by atoms with Crippen molar-refractivity contribution in [3.05, 3.63) is 18.1 Å². The largest absolute Gasteiger partial charge is 0.381 e. The van der Waals surface area contributed by atoms with Crippen LogP contribution >= 0.6 is 0 Å². The molecule has 0 aliphatic carbocycles. The smallest absolute Gasteiger partial charge is 0.225 e. The van der Waals surface area contributed by atoms with E-state index in [0.717, 1.165) is 76.4 Å². The third kappa shape index (κ3) is 4.04. The highest BCUT2D eigenvalue weighted by Gasteiger charge is 2.31. The zero-order valence-electron chi connectivity index (χ0n) is 18.9. The van der Waals surface area contributed by atoms with Crippen LogP contribution in [0.5, 0.6) is 0 Å². The first-order chi connectivity index (χ1) is 15.1. The number of likely N-dealkylation sites (tertiary alicyclic amines) is 1. The maximum absolute atomic E-state index is 12.9. The summed E-state index contributed by atoms with van der Waals surface area (Å²) in [6.45, 7) is 9.66. The zero-order valence-corrected chi connectivity index (χ0v) is 18.9. The molecule has 2 aromatic rings. The molecular weight excluding hydrogens is 390 g/mol. The molecule has 3 fully saturated rings. The summed E-state index contributed by atoms with van der Waals surface area (Å²) in [5.41, 5.74) is 3.41. The number of carbonyl (C=O) groups is 1. The first kappa shape index (κ1) is 20.7. The molecule has 0 spiro atoms. The molecule has 7 heteroatoms. The summed E-state index contributed by atoms with van der Waals surface area (Å²) in [6.07, 6.45) is 8.14. The molecule has 1 amide bonds.